The van der Waals surface area contributed by atoms with E-state index in [1.54, 1.807) is 6.92 Å². The number of nitrogens with one attached hydrogen (secondary N) is 2. The smallest absolute Gasteiger partial charge is 0.416 e. The molecule has 0 unspecified atom stereocenters. The fourth-order valence-electron chi connectivity index (χ4n) is 2.94. The maximum atomic E-state index is 12.8. The quantitative estimate of drug-likeness (QED) is 0.561. The largest absolute Gasteiger partial charge is 0.480 e. The van der Waals surface area contributed by atoms with Crippen molar-refractivity contribution in [2.45, 2.75) is 44.4 Å². The number of alkyl halides is 3. The van der Waals surface area contributed by atoms with Crippen molar-refractivity contribution in [3.8, 4) is 0 Å². The predicted molar refractivity (Wildman–Crippen MR) is 107 cm³/mol. The molecule has 31 heavy (non-hydrogen) atoms. The van der Waals surface area contributed by atoms with Crippen LogP contribution in [0.1, 0.15) is 42.5 Å². The van der Waals surface area contributed by atoms with Crippen LogP contribution in [0.5, 0.6) is 0 Å². The van der Waals surface area contributed by atoms with E-state index in [9.17, 15) is 32.7 Å². The van der Waals surface area contributed by atoms with Crippen molar-refractivity contribution in [3.63, 3.8) is 0 Å². The average Bonchev–Trinajstić information content (AvgIpc) is 2.72. The molecule has 9 heteroatoms. The minimum absolute atomic E-state index is 0.122. The number of aliphatic carboxylic acids is 1. The Kier molecular flexibility index (Phi) is 8.18. The van der Waals surface area contributed by atoms with Crippen LogP contribution in [0.25, 0.3) is 0 Å². The Hall–Kier alpha value is -3.36. The van der Waals surface area contributed by atoms with Crippen LogP contribution < -0.4 is 10.6 Å². The van der Waals surface area contributed by atoms with Crippen molar-refractivity contribution in [1.82, 2.24) is 10.6 Å². The van der Waals surface area contributed by atoms with Crippen LogP contribution >= 0.6 is 0 Å². The molecule has 0 aromatic heterocycles. The summed E-state index contributed by atoms with van der Waals surface area (Å²) < 4.78 is 38.5. The van der Waals surface area contributed by atoms with Crippen molar-refractivity contribution < 1.29 is 32.7 Å². The van der Waals surface area contributed by atoms with Gasteiger partial charge < -0.3 is 15.7 Å². The van der Waals surface area contributed by atoms with Crippen LogP contribution in [0.15, 0.2) is 54.6 Å². The molecule has 0 fully saturated rings. The Balaban J connectivity index is 1.88. The summed E-state index contributed by atoms with van der Waals surface area (Å²) in [5.74, 6) is -2.44. The minimum Gasteiger partial charge on any atom is -0.480 e. The molecule has 2 aromatic rings. The van der Waals surface area contributed by atoms with Gasteiger partial charge in [-0.25, -0.2) is 4.79 Å². The number of benzene rings is 2. The first-order chi connectivity index (χ1) is 14.6. The zero-order valence-electron chi connectivity index (χ0n) is 16.8. The number of amides is 2. The number of carboxylic acid groups (broad SMARTS) is 1. The third kappa shape index (κ3) is 7.76. The average molecular weight is 436 g/mol. The molecule has 0 spiro atoms. The van der Waals surface area contributed by atoms with Gasteiger partial charge in [-0.2, -0.15) is 13.2 Å². The topological polar surface area (TPSA) is 95.5 Å². The number of hydrogen-bond acceptors (Lipinski definition) is 3. The van der Waals surface area contributed by atoms with E-state index in [4.69, 9.17) is 0 Å². The standard InChI is InChI=1S/C22H23F3N2O4/c1-14(16-7-3-2-4-8-16)26-19(28)10-11-20(29)27-18(21(30)31)13-15-6-5-9-17(12-15)22(23,24)25/h2-9,12,14,18H,10-11,13H2,1H3,(H,26,28)(H,27,29)(H,30,31)/t14-,18+/m1/s1. The van der Waals surface area contributed by atoms with Crippen molar-refractivity contribution in [2.24, 2.45) is 0 Å². The first-order valence-electron chi connectivity index (χ1n) is 9.59. The lowest BCUT2D eigenvalue weighted by Gasteiger charge is -2.16. The SMILES string of the molecule is C[C@@H](NC(=O)CCC(=O)N[C@@H](Cc1cccc(C(F)(F)F)c1)C(=O)O)c1ccccc1. The van der Waals surface area contributed by atoms with Gasteiger partial charge in [-0.15, -0.1) is 0 Å². The normalized spacial score (nSPS) is 13.2. The van der Waals surface area contributed by atoms with Crippen LogP contribution in [0.4, 0.5) is 13.2 Å². The first-order valence-corrected chi connectivity index (χ1v) is 9.59. The molecule has 0 heterocycles. The zero-order chi connectivity index (χ0) is 23.0. The lowest BCUT2D eigenvalue weighted by atomic mass is 10.0. The van der Waals surface area contributed by atoms with E-state index in [0.717, 1.165) is 17.7 Å². The maximum Gasteiger partial charge on any atom is 0.416 e. The van der Waals surface area contributed by atoms with Gasteiger partial charge in [-0.1, -0.05) is 48.5 Å². The fourth-order valence-corrected chi connectivity index (χ4v) is 2.94. The number of rotatable bonds is 9. The van der Waals surface area contributed by atoms with E-state index in [-0.39, 0.29) is 36.8 Å². The highest BCUT2D eigenvalue weighted by atomic mass is 19.4. The molecule has 2 aromatic carbocycles. The molecular formula is C22H23F3N2O4. The van der Waals surface area contributed by atoms with Crippen LogP contribution in [-0.4, -0.2) is 28.9 Å². The Morgan fingerprint density at radius 3 is 2.13 bits per heavy atom. The molecule has 2 atom stereocenters. The van der Waals surface area contributed by atoms with Gasteiger partial charge in [0.05, 0.1) is 11.6 Å². The van der Waals surface area contributed by atoms with Gasteiger partial charge in [0.15, 0.2) is 0 Å². The molecular weight excluding hydrogens is 413 g/mol. The van der Waals surface area contributed by atoms with Crippen molar-refractivity contribution in [1.29, 1.82) is 0 Å². The summed E-state index contributed by atoms with van der Waals surface area (Å²) in [7, 11) is 0. The van der Waals surface area contributed by atoms with Crippen LogP contribution in [-0.2, 0) is 27.0 Å². The number of carboxylic acids is 1. The number of halogens is 3. The summed E-state index contributed by atoms with van der Waals surface area (Å²) in [5.41, 5.74) is 0.119. The van der Waals surface area contributed by atoms with Gasteiger partial charge in [0.1, 0.15) is 6.04 Å². The van der Waals surface area contributed by atoms with E-state index in [0.29, 0.717) is 0 Å². The highest BCUT2D eigenvalue weighted by Crippen LogP contribution is 2.29. The van der Waals surface area contributed by atoms with E-state index in [2.05, 4.69) is 10.6 Å². The van der Waals surface area contributed by atoms with Gasteiger partial charge in [0.25, 0.3) is 0 Å². The second kappa shape index (κ2) is 10.6. The van der Waals surface area contributed by atoms with E-state index in [1.807, 2.05) is 30.3 Å². The van der Waals surface area contributed by atoms with Crippen molar-refractivity contribution in [3.05, 3.63) is 71.3 Å². The van der Waals surface area contributed by atoms with E-state index >= 15 is 0 Å². The number of carbonyl (C=O) groups is 3. The summed E-state index contributed by atoms with van der Waals surface area (Å²) in [6.07, 6.45) is -5.27. The van der Waals surface area contributed by atoms with E-state index in [1.165, 1.54) is 12.1 Å². The lowest BCUT2D eigenvalue weighted by molar-refractivity contribution is -0.141. The Morgan fingerprint density at radius 1 is 0.935 bits per heavy atom. The summed E-state index contributed by atoms with van der Waals surface area (Å²) in [6, 6.07) is 11.8. The second-order valence-corrected chi connectivity index (χ2v) is 7.06. The highest BCUT2D eigenvalue weighted by Gasteiger charge is 2.31. The fraction of sp³-hybridized carbons (Fsp3) is 0.318. The molecule has 0 bridgehead atoms. The Labute approximate surface area is 177 Å². The maximum absolute atomic E-state index is 12.8. The van der Waals surface area contributed by atoms with Crippen LogP contribution in [0.2, 0.25) is 0 Å². The van der Waals surface area contributed by atoms with Crippen LogP contribution in [0, 0.1) is 0 Å². The van der Waals surface area contributed by atoms with Gasteiger partial charge in [0, 0.05) is 19.3 Å². The molecule has 0 aliphatic carbocycles. The number of carbonyl (C=O) groups excluding carboxylic acids is 2. The molecule has 166 valence electrons. The molecule has 0 radical (unpaired) electrons. The van der Waals surface area contributed by atoms with Gasteiger partial charge in [-0.3, -0.25) is 9.59 Å². The number of hydrogen-bond donors (Lipinski definition) is 3. The molecule has 2 amide bonds. The van der Waals surface area contributed by atoms with Crippen molar-refractivity contribution in [2.75, 3.05) is 0 Å². The zero-order valence-corrected chi connectivity index (χ0v) is 16.8. The molecule has 6 nitrogen and oxygen atoms in total. The summed E-state index contributed by atoms with van der Waals surface area (Å²) in [4.78, 5) is 35.6. The minimum atomic E-state index is -4.55. The molecule has 0 aliphatic heterocycles. The molecule has 0 saturated carbocycles. The molecule has 3 N–H and O–H groups in total. The lowest BCUT2D eigenvalue weighted by Crippen LogP contribution is -2.42. The van der Waals surface area contributed by atoms with Crippen molar-refractivity contribution >= 4 is 17.8 Å². The van der Waals surface area contributed by atoms with Crippen LogP contribution in [0.3, 0.4) is 0 Å². The van der Waals surface area contributed by atoms with Gasteiger partial charge in [0.2, 0.25) is 11.8 Å². The predicted octanol–water partition coefficient (Wildman–Crippen LogP) is 3.47. The molecule has 0 aliphatic rings. The Bertz CT molecular complexity index is 916. The first kappa shape index (κ1) is 23.9. The second-order valence-electron chi connectivity index (χ2n) is 7.06. The highest BCUT2D eigenvalue weighted by molar-refractivity contribution is 5.87. The Morgan fingerprint density at radius 2 is 1.55 bits per heavy atom. The molecule has 2 rings (SSSR count). The summed E-state index contributed by atoms with van der Waals surface area (Å²) >= 11 is 0. The molecule has 0 saturated heterocycles. The van der Waals surface area contributed by atoms with Gasteiger partial charge in [-0.05, 0) is 24.1 Å². The van der Waals surface area contributed by atoms with Gasteiger partial charge >= 0.3 is 12.1 Å². The third-order valence-electron chi connectivity index (χ3n) is 4.58. The third-order valence-corrected chi connectivity index (χ3v) is 4.58. The van der Waals surface area contributed by atoms with E-state index < -0.39 is 29.7 Å². The monoisotopic (exact) mass is 436 g/mol. The summed E-state index contributed by atoms with van der Waals surface area (Å²) in [6.45, 7) is 1.79. The summed E-state index contributed by atoms with van der Waals surface area (Å²) in [5, 5.41) is 14.3.